The number of nitrogens with zero attached hydrogens (tertiary/aromatic N) is 4. The van der Waals surface area contributed by atoms with Gasteiger partial charge in [-0.3, -0.25) is 14.3 Å². The molecule has 2 aromatic heterocycles. The molecule has 2 aliphatic heterocycles. The number of aromatic nitrogens is 3. The van der Waals surface area contributed by atoms with E-state index in [4.69, 9.17) is 11.6 Å². The van der Waals surface area contributed by atoms with Crippen LogP contribution >= 0.6 is 11.6 Å². The van der Waals surface area contributed by atoms with E-state index in [-0.39, 0.29) is 17.2 Å². The Morgan fingerprint density at radius 3 is 2.78 bits per heavy atom. The van der Waals surface area contributed by atoms with Crippen LogP contribution in [0.3, 0.4) is 0 Å². The summed E-state index contributed by atoms with van der Waals surface area (Å²) in [5.41, 5.74) is 3.22. The maximum absolute atomic E-state index is 12.6. The number of carbonyl (C=O) groups is 2. The Bertz CT molecular complexity index is 1080. The highest BCUT2D eigenvalue weighted by Gasteiger charge is 2.45. The average Bonchev–Trinajstić information content (AvgIpc) is 3.47. The predicted octanol–water partition coefficient (Wildman–Crippen LogP) is 4.16. The summed E-state index contributed by atoms with van der Waals surface area (Å²) in [6.07, 6.45) is 7.81. The zero-order chi connectivity index (χ0) is 22.6. The van der Waals surface area contributed by atoms with Gasteiger partial charge in [0.25, 0.3) is 0 Å². The van der Waals surface area contributed by atoms with Gasteiger partial charge < -0.3 is 10.2 Å². The lowest BCUT2D eigenvalue weighted by atomic mass is 9.89. The normalized spacial score (nSPS) is 25.2. The first-order valence-electron chi connectivity index (χ1n) is 11.5. The van der Waals surface area contributed by atoms with Crippen LogP contribution in [0.25, 0.3) is 11.1 Å². The first kappa shape index (κ1) is 21.4. The number of likely N-dealkylation sites (tertiary alicyclic amines) is 1. The zero-order valence-corrected chi connectivity index (χ0v) is 19.7. The van der Waals surface area contributed by atoms with E-state index < -0.39 is 0 Å². The Morgan fingerprint density at radius 1 is 1.25 bits per heavy atom. The summed E-state index contributed by atoms with van der Waals surface area (Å²) in [7, 11) is 0. The van der Waals surface area contributed by atoms with Gasteiger partial charge in [-0.05, 0) is 49.0 Å². The van der Waals surface area contributed by atoms with Gasteiger partial charge in [-0.15, -0.1) is 0 Å². The van der Waals surface area contributed by atoms with Crippen molar-refractivity contribution in [1.82, 2.24) is 19.7 Å². The Balaban J connectivity index is 1.22. The van der Waals surface area contributed by atoms with Crippen molar-refractivity contribution in [1.29, 1.82) is 0 Å². The van der Waals surface area contributed by atoms with Gasteiger partial charge in [0.2, 0.25) is 11.8 Å². The average molecular weight is 456 g/mol. The second-order valence-corrected chi connectivity index (χ2v) is 10.9. The van der Waals surface area contributed by atoms with E-state index in [1.807, 2.05) is 21.8 Å². The molecule has 2 bridgehead atoms. The lowest BCUT2D eigenvalue weighted by Crippen LogP contribution is -2.38. The summed E-state index contributed by atoms with van der Waals surface area (Å²) in [5.74, 6) is 1.71. The molecule has 5 rings (SSSR count). The maximum Gasteiger partial charge on any atom is 0.225 e. The van der Waals surface area contributed by atoms with Crippen LogP contribution in [0.1, 0.15) is 52.1 Å². The number of carbonyl (C=O) groups excluding carboxylic acids is 2. The number of fused-ring (bicyclic) bond motifs is 3. The van der Waals surface area contributed by atoms with Crippen molar-refractivity contribution in [2.45, 2.75) is 65.5 Å². The molecule has 1 saturated heterocycles. The van der Waals surface area contributed by atoms with Gasteiger partial charge in [0.05, 0.1) is 11.2 Å². The fourth-order valence-corrected chi connectivity index (χ4v) is 6.11. The van der Waals surface area contributed by atoms with Crippen LogP contribution in [-0.2, 0) is 22.6 Å². The molecule has 7 nitrogen and oxygen atoms in total. The molecule has 32 heavy (non-hydrogen) atoms. The minimum atomic E-state index is -0.0293. The van der Waals surface area contributed by atoms with Crippen LogP contribution in [-0.4, -0.2) is 44.1 Å². The highest BCUT2D eigenvalue weighted by molar-refractivity contribution is 6.33. The van der Waals surface area contributed by atoms with Gasteiger partial charge in [0, 0.05) is 55.5 Å². The molecule has 0 unspecified atom stereocenters. The van der Waals surface area contributed by atoms with Gasteiger partial charge >= 0.3 is 0 Å². The van der Waals surface area contributed by atoms with Crippen molar-refractivity contribution in [3.05, 3.63) is 29.2 Å². The molecule has 3 atom stereocenters. The van der Waals surface area contributed by atoms with E-state index in [1.54, 1.807) is 13.1 Å². The number of rotatable bonds is 5. The highest BCUT2D eigenvalue weighted by Crippen LogP contribution is 2.44. The molecule has 3 aliphatic rings. The number of anilines is 1. The first-order chi connectivity index (χ1) is 15.2. The summed E-state index contributed by atoms with van der Waals surface area (Å²) < 4.78 is 2.05. The molecular weight excluding hydrogens is 426 g/mol. The lowest BCUT2D eigenvalue weighted by molar-refractivity contribution is -0.131. The molecule has 170 valence electrons. The SMILES string of the molecule is CC(=O)N1C[C@H]2C[C@@H]1C[C@@H]2CCC(=O)Nc1cc(-c2cnn3c2CC(C)(C)C3)c(Cl)cn1. The molecule has 2 fully saturated rings. The quantitative estimate of drug-likeness (QED) is 0.734. The number of pyridine rings is 1. The van der Waals surface area contributed by atoms with Crippen LogP contribution in [0.15, 0.2) is 18.5 Å². The third-order valence-corrected chi connectivity index (χ3v) is 7.72. The fourth-order valence-electron chi connectivity index (χ4n) is 5.91. The van der Waals surface area contributed by atoms with Crippen molar-refractivity contribution < 1.29 is 9.59 Å². The molecule has 1 N–H and O–H groups in total. The Hall–Kier alpha value is -2.41. The van der Waals surface area contributed by atoms with E-state index in [2.05, 4.69) is 29.2 Å². The number of piperidine rings is 1. The molecular formula is C24H30ClN5O2. The van der Waals surface area contributed by atoms with Crippen molar-refractivity contribution >= 4 is 29.2 Å². The van der Waals surface area contributed by atoms with E-state index in [1.165, 1.54) is 5.69 Å². The van der Waals surface area contributed by atoms with Crippen LogP contribution in [0.2, 0.25) is 5.02 Å². The molecule has 2 amide bonds. The van der Waals surface area contributed by atoms with Gasteiger partial charge in [0.15, 0.2) is 0 Å². The number of nitrogens with one attached hydrogen (secondary N) is 1. The van der Waals surface area contributed by atoms with Crippen molar-refractivity contribution in [3.63, 3.8) is 0 Å². The van der Waals surface area contributed by atoms with E-state index >= 15 is 0 Å². The number of amides is 2. The van der Waals surface area contributed by atoms with E-state index in [9.17, 15) is 9.59 Å². The third kappa shape index (κ3) is 3.91. The molecule has 0 spiro atoms. The van der Waals surface area contributed by atoms with Crippen LogP contribution in [0.4, 0.5) is 5.82 Å². The minimum absolute atomic E-state index is 0.0293. The fraction of sp³-hybridized carbons (Fsp3) is 0.583. The minimum Gasteiger partial charge on any atom is -0.340 e. The third-order valence-electron chi connectivity index (χ3n) is 7.42. The standard InChI is InChI=1S/C24H30ClN5O2/c1-14(31)29-12-16-7-17(29)6-15(16)4-5-23(32)28-22-8-18(20(25)11-26-22)19-10-27-30-13-24(2,3)9-21(19)30/h8,10-11,15-17H,4-7,9,12-13H2,1-3H3,(H,26,28,32)/t15-,16+,17-/m0/s1. The summed E-state index contributed by atoms with van der Waals surface area (Å²) in [6.45, 7) is 7.86. The van der Waals surface area contributed by atoms with E-state index in [0.717, 1.165) is 49.9 Å². The van der Waals surface area contributed by atoms with Gasteiger partial charge in [0.1, 0.15) is 5.82 Å². The Morgan fingerprint density at radius 2 is 2.06 bits per heavy atom. The summed E-state index contributed by atoms with van der Waals surface area (Å²) >= 11 is 6.47. The van der Waals surface area contributed by atoms with E-state index in [0.29, 0.717) is 35.1 Å². The predicted molar refractivity (Wildman–Crippen MR) is 123 cm³/mol. The van der Waals surface area contributed by atoms with Crippen LogP contribution < -0.4 is 5.32 Å². The molecule has 2 aromatic rings. The largest absolute Gasteiger partial charge is 0.340 e. The topological polar surface area (TPSA) is 80.1 Å². The molecule has 1 aliphatic carbocycles. The molecule has 4 heterocycles. The molecule has 1 saturated carbocycles. The number of hydrogen-bond acceptors (Lipinski definition) is 4. The van der Waals surface area contributed by atoms with Crippen LogP contribution in [0, 0.1) is 17.3 Å². The van der Waals surface area contributed by atoms with Crippen molar-refractivity contribution in [2.24, 2.45) is 17.3 Å². The van der Waals surface area contributed by atoms with Crippen molar-refractivity contribution in [2.75, 3.05) is 11.9 Å². The second-order valence-electron chi connectivity index (χ2n) is 10.5. The molecule has 0 aromatic carbocycles. The smallest absolute Gasteiger partial charge is 0.225 e. The van der Waals surface area contributed by atoms with Gasteiger partial charge in [-0.1, -0.05) is 25.4 Å². The zero-order valence-electron chi connectivity index (χ0n) is 18.9. The lowest BCUT2D eigenvalue weighted by Gasteiger charge is -2.30. The van der Waals surface area contributed by atoms with Crippen molar-refractivity contribution in [3.8, 4) is 11.1 Å². The Kier molecular flexibility index (Phi) is 5.27. The van der Waals surface area contributed by atoms with Gasteiger partial charge in [-0.25, -0.2) is 4.98 Å². The summed E-state index contributed by atoms with van der Waals surface area (Å²) in [5, 5.41) is 8.04. The second kappa shape index (κ2) is 7.87. The molecule has 0 radical (unpaired) electrons. The first-order valence-corrected chi connectivity index (χ1v) is 11.9. The maximum atomic E-state index is 12.6. The summed E-state index contributed by atoms with van der Waals surface area (Å²) in [4.78, 5) is 30.6. The number of hydrogen-bond donors (Lipinski definition) is 1. The highest BCUT2D eigenvalue weighted by atomic mass is 35.5. The summed E-state index contributed by atoms with van der Waals surface area (Å²) in [6, 6.07) is 2.22. The Labute approximate surface area is 193 Å². The van der Waals surface area contributed by atoms with Crippen LogP contribution in [0.5, 0.6) is 0 Å². The number of halogens is 1. The van der Waals surface area contributed by atoms with Gasteiger partial charge in [-0.2, -0.15) is 5.10 Å². The molecule has 8 heteroatoms. The monoisotopic (exact) mass is 455 g/mol.